The molecule has 1 aliphatic rings. The van der Waals surface area contributed by atoms with Crippen molar-refractivity contribution in [3.63, 3.8) is 0 Å². The maximum atomic E-state index is 2.12. The Labute approximate surface area is 80.0 Å². The third-order valence-electron chi connectivity index (χ3n) is 1.54. The lowest BCUT2D eigenvalue weighted by molar-refractivity contribution is 1.39. The van der Waals surface area contributed by atoms with Crippen molar-refractivity contribution in [2.75, 3.05) is 0 Å². The molecule has 0 heterocycles. The van der Waals surface area contributed by atoms with E-state index < -0.39 is 0 Å². The van der Waals surface area contributed by atoms with Crippen molar-refractivity contribution in [2.45, 2.75) is 6.42 Å². The lowest BCUT2D eigenvalue weighted by atomic mass is 10.3. The van der Waals surface area contributed by atoms with Crippen LogP contribution in [0.3, 0.4) is 0 Å². The molecule has 0 radical (unpaired) electrons. The molecule has 0 heteroatoms. The van der Waals surface area contributed by atoms with E-state index in [1.165, 1.54) is 0 Å². The smallest absolute Gasteiger partial charge is 0.0163 e. The van der Waals surface area contributed by atoms with Crippen LogP contribution in [-0.4, -0.2) is 0 Å². The Kier molecular flexibility index (Phi) is 5.21. The fourth-order valence-electron chi connectivity index (χ4n) is 0.906. The van der Waals surface area contributed by atoms with Crippen molar-refractivity contribution in [3.05, 3.63) is 72.9 Å². The van der Waals surface area contributed by atoms with E-state index in [9.17, 15) is 0 Å². The zero-order chi connectivity index (χ0) is 9.19. The molecule has 0 aliphatic heterocycles. The first-order valence-corrected chi connectivity index (χ1v) is 4.48. The van der Waals surface area contributed by atoms with Crippen LogP contribution in [0, 0.1) is 0 Å². The second-order valence-electron chi connectivity index (χ2n) is 2.63. The molecule has 0 aromatic carbocycles. The van der Waals surface area contributed by atoms with Gasteiger partial charge in [0, 0.05) is 0 Å². The molecule has 0 saturated heterocycles. The van der Waals surface area contributed by atoms with Gasteiger partial charge in [-0.05, 0) is 6.42 Å². The molecule has 1 aliphatic carbocycles. The van der Waals surface area contributed by atoms with Crippen LogP contribution in [0.5, 0.6) is 0 Å². The Morgan fingerprint density at radius 3 is 1.08 bits per heavy atom. The molecule has 0 fully saturated rings. The summed E-state index contributed by atoms with van der Waals surface area (Å²) in [7, 11) is 0. The third kappa shape index (κ3) is 5.68. The first-order chi connectivity index (χ1) is 6.50. The van der Waals surface area contributed by atoms with E-state index >= 15 is 0 Å². The fraction of sp³-hybridized carbons (Fsp3) is 0.0769. The van der Waals surface area contributed by atoms with Gasteiger partial charge in [-0.15, -0.1) is 0 Å². The van der Waals surface area contributed by atoms with Crippen LogP contribution in [-0.2, 0) is 0 Å². The summed E-state index contributed by atoms with van der Waals surface area (Å²) in [5.74, 6) is 0. The maximum absolute atomic E-state index is 2.12. The summed E-state index contributed by atoms with van der Waals surface area (Å²) in [6.07, 6.45) is 25.5. The van der Waals surface area contributed by atoms with Crippen LogP contribution in [0.25, 0.3) is 0 Å². The topological polar surface area (TPSA) is 0 Å². The van der Waals surface area contributed by atoms with Crippen molar-refractivity contribution in [1.29, 1.82) is 0 Å². The minimum absolute atomic E-state index is 0.988. The molecule has 0 atom stereocenters. The summed E-state index contributed by atoms with van der Waals surface area (Å²) in [4.78, 5) is 0. The minimum Gasteiger partial charge on any atom is -0.0807 e. The molecular formula is C13H14. The summed E-state index contributed by atoms with van der Waals surface area (Å²) in [5, 5.41) is 0. The van der Waals surface area contributed by atoms with Gasteiger partial charge < -0.3 is 0 Å². The minimum atomic E-state index is 0.988. The molecule has 0 spiro atoms. The van der Waals surface area contributed by atoms with Gasteiger partial charge in [-0.1, -0.05) is 72.9 Å². The van der Waals surface area contributed by atoms with Crippen LogP contribution in [0.2, 0.25) is 0 Å². The average Bonchev–Trinajstić information content (AvgIpc) is 2.18. The largest absolute Gasteiger partial charge is 0.0807 e. The fourth-order valence-corrected chi connectivity index (χ4v) is 0.906. The Bertz CT molecular complexity index is 253. The van der Waals surface area contributed by atoms with E-state index in [0.29, 0.717) is 0 Å². The van der Waals surface area contributed by atoms with Gasteiger partial charge in [0.15, 0.2) is 0 Å². The normalized spacial score (nSPS) is 31.4. The number of hydrogen-bond acceptors (Lipinski definition) is 0. The van der Waals surface area contributed by atoms with Gasteiger partial charge in [-0.25, -0.2) is 0 Å². The zero-order valence-corrected chi connectivity index (χ0v) is 7.64. The van der Waals surface area contributed by atoms with Crippen LogP contribution < -0.4 is 0 Å². The van der Waals surface area contributed by atoms with E-state index in [0.717, 1.165) is 6.42 Å². The molecule has 0 aromatic rings. The van der Waals surface area contributed by atoms with E-state index in [-0.39, 0.29) is 0 Å². The molecule has 0 aromatic heterocycles. The van der Waals surface area contributed by atoms with Crippen LogP contribution in [0.15, 0.2) is 72.9 Å². The summed E-state index contributed by atoms with van der Waals surface area (Å²) in [5.41, 5.74) is 0. The number of allylic oxidation sites excluding steroid dienone is 12. The lowest BCUT2D eigenvalue weighted by Gasteiger charge is -1.77. The Balaban J connectivity index is 2.62. The standard InChI is InChI=1S/C13H14/c1-2-4-6-8-10-12-13-11-9-7-5-3-1/h1-12H,13H2/b3-1-,4-2+,7-5+,8-6+,11-9+,12-10-. The number of hydrogen-bond donors (Lipinski definition) is 0. The van der Waals surface area contributed by atoms with E-state index in [4.69, 9.17) is 0 Å². The Hall–Kier alpha value is -1.56. The van der Waals surface area contributed by atoms with Crippen LogP contribution >= 0.6 is 0 Å². The highest BCUT2D eigenvalue weighted by Crippen LogP contribution is 1.90. The second-order valence-corrected chi connectivity index (χ2v) is 2.63. The van der Waals surface area contributed by atoms with Gasteiger partial charge in [0.05, 0.1) is 0 Å². The SMILES string of the molecule is C1=C\C=C\C=C\C\C=C/C=C/C=C/1. The van der Waals surface area contributed by atoms with Crippen LogP contribution in [0.1, 0.15) is 6.42 Å². The highest BCUT2D eigenvalue weighted by atomic mass is 13.8. The van der Waals surface area contributed by atoms with Crippen molar-refractivity contribution in [1.82, 2.24) is 0 Å². The molecule has 66 valence electrons. The predicted molar refractivity (Wildman–Crippen MR) is 59.5 cm³/mol. The van der Waals surface area contributed by atoms with Crippen molar-refractivity contribution in [2.24, 2.45) is 0 Å². The quantitative estimate of drug-likeness (QED) is 0.519. The molecule has 1 rings (SSSR count). The van der Waals surface area contributed by atoms with Gasteiger partial charge in [-0.2, -0.15) is 0 Å². The van der Waals surface area contributed by atoms with Gasteiger partial charge in [-0.3, -0.25) is 0 Å². The van der Waals surface area contributed by atoms with Gasteiger partial charge in [0.1, 0.15) is 0 Å². The van der Waals surface area contributed by atoms with Crippen molar-refractivity contribution < 1.29 is 0 Å². The van der Waals surface area contributed by atoms with Crippen molar-refractivity contribution >= 4 is 0 Å². The van der Waals surface area contributed by atoms with Crippen molar-refractivity contribution in [3.8, 4) is 0 Å². The lowest BCUT2D eigenvalue weighted by Crippen LogP contribution is -1.56. The predicted octanol–water partition coefficient (Wildman–Crippen LogP) is 3.73. The molecular weight excluding hydrogens is 156 g/mol. The molecule has 0 N–H and O–H groups in total. The Morgan fingerprint density at radius 1 is 0.385 bits per heavy atom. The molecule has 0 bridgehead atoms. The summed E-state index contributed by atoms with van der Waals surface area (Å²) in [6.45, 7) is 0. The monoisotopic (exact) mass is 170 g/mol. The van der Waals surface area contributed by atoms with E-state index in [2.05, 4.69) is 24.3 Å². The van der Waals surface area contributed by atoms with Gasteiger partial charge in [0.25, 0.3) is 0 Å². The maximum Gasteiger partial charge on any atom is -0.0163 e. The molecule has 0 amide bonds. The average molecular weight is 170 g/mol. The highest BCUT2D eigenvalue weighted by molar-refractivity contribution is 5.20. The molecule has 0 nitrogen and oxygen atoms in total. The summed E-state index contributed by atoms with van der Waals surface area (Å²) >= 11 is 0. The highest BCUT2D eigenvalue weighted by Gasteiger charge is 1.69. The second kappa shape index (κ2) is 7.11. The molecule has 13 heavy (non-hydrogen) atoms. The molecule has 0 unspecified atom stereocenters. The first-order valence-electron chi connectivity index (χ1n) is 4.48. The van der Waals surface area contributed by atoms with Gasteiger partial charge in [0.2, 0.25) is 0 Å². The van der Waals surface area contributed by atoms with E-state index in [1.54, 1.807) is 0 Å². The number of rotatable bonds is 0. The zero-order valence-electron chi connectivity index (χ0n) is 7.64. The van der Waals surface area contributed by atoms with E-state index in [1.807, 2.05) is 48.6 Å². The van der Waals surface area contributed by atoms with Gasteiger partial charge >= 0.3 is 0 Å². The molecule has 0 saturated carbocycles. The summed E-state index contributed by atoms with van der Waals surface area (Å²) < 4.78 is 0. The van der Waals surface area contributed by atoms with Crippen LogP contribution in [0.4, 0.5) is 0 Å². The third-order valence-corrected chi connectivity index (χ3v) is 1.54. The Morgan fingerprint density at radius 2 is 0.692 bits per heavy atom. The first kappa shape index (κ1) is 9.53. The summed E-state index contributed by atoms with van der Waals surface area (Å²) in [6, 6.07) is 0.